The largest absolute Gasteiger partial charge is 0.395 e. The van der Waals surface area contributed by atoms with E-state index in [0.717, 1.165) is 16.0 Å². The number of aliphatic hydroxyl groups is 1. The van der Waals surface area contributed by atoms with Gasteiger partial charge in [0, 0.05) is 18.6 Å². The lowest BCUT2D eigenvalue weighted by molar-refractivity contribution is -0.120. The molecule has 27 heavy (non-hydrogen) atoms. The molecule has 2 aromatic carbocycles. The van der Waals surface area contributed by atoms with Gasteiger partial charge in [0.1, 0.15) is 5.70 Å². The van der Waals surface area contributed by atoms with Crippen LogP contribution in [0.25, 0.3) is 5.57 Å². The number of amides is 2. The Balaban J connectivity index is 2.14. The van der Waals surface area contributed by atoms with Gasteiger partial charge < -0.3 is 10.0 Å². The van der Waals surface area contributed by atoms with Crippen LogP contribution >= 0.6 is 11.6 Å². The fraction of sp³-hybridized carbons (Fsp3) is 0.238. The van der Waals surface area contributed by atoms with Crippen molar-refractivity contribution in [2.75, 3.05) is 25.1 Å². The molecule has 2 aromatic rings. The Hall–Kier alpha value is -2.63. The van der Waals surface area contributed by atoms with Crippen molar-refractivity contribution in [2.24, 2.45) is 0 Å². The van der Waals surface area contributed by atoms with Crippen molar-refractivity contribution in [3.63, 3.8) is 0 Å². The third-order valence-corrected chi connectivity index (χ3v) is 5.01. The second kappa shape index (κ2) is 7.55. The molecule has 0 aromatic heterocycles. The molecule has 0 spiro atoms. The zero-order chi connectivity index (χ0) is 19.7. The molecule has 5 nitrogen and oxygen atoms in total. The van der Waals surface area contributed by atoms with Crippen molar-refractivity contribution in [3.05, 3.63) is 69.9 Å². The van der Waals surface area contributed by atoms with Gasteiger partial charge in [-0.25, -0.2) is 4.90 Å². The highest BCUT2D eigenvalue weighted by Gasteiger charge is 2.41. The van der Waals surface area contributed by atoms with Crippen LogP contribution < -0.4 is 4.90 Å². The molecule has 0 bridgehead atoms. The number of hydrogen-bond acceptors (Lipinski definition) is 4. The van der Waals surface area contributed by atoms with Gasteiger partial charge in [0.05, 0.1) is 17.9 Å². The van der Waals surface area contributed by atoms with Crippen molar-refractivity contribution in [2.45, 2.75) is 13.8 Å². The molecule has 1 aliphatic heterocycles. The summed E-state index contributed by atoms with van der Waals surface area (Å²) >= 11 is 5.93. The van der Waals surface area contributed by atoms with E-state index in [1.807, 2.05) is 32.0 Å². The van der Waals surface area contributed by atoms with Crippen molar-refractivity contribution in [1.29, 1.82) is 0 Å². The summed E-state index contributed by atoms with van der Waals surface area (Å²) in [5, 5.41) is 9.84. The Bertz CT molecular complexity index is 935. The van der Waals surface area contributed by atoms with Crippen LogP contribution in [-0.2, 0) is 9.59 Å². The second-order valence-electron chi connectivity index (χ2n) is 6.59. The minimum atomic E-state index is -0.411. The number of aliphatic hydroxyl groups excluding tert-OH is 1. The first kappa shape index (κ1) is 19.1. The Labute approximate surface area is 163 Å². The summed E-state index contributed by atoms with van der Waals surface area (Å²) in [6, 6.07) is 12.3. The van der Waals surface area contributed by atoms with Crippen LogP contribution in [0.5, 0.6) is 0 Å². The third kappa shape index (κ3) is 3.48. The highest BCUT2D eigenvalue weighted by Crippen LogP contribution is 2.35. The summed E-state index contributed by atoms with van der Waals surface area (Å²) in [4.78, 5) is 29.2. The molecule has 0 aliphatic carbocycles. The summed E-state index contributed by atoms with van der Waals surface area (Å²) < 4.78 is 0. The number of likely N-dealkylation sites (N-methyl/N-ethyl adjacent to an activating group) is 1. The summed E-state index contributed by atoms with van der Waals surface area (Å²) in [5.41, 5.74) is 3.92. The number of rotatable bonds is 5. The van der Waals surface area contributed by atoms with E-state index in [-0.39, 0.29) is 24.8 Å². The van der Waals surface area contributed by atoms with E-state index in [0.29, 0.717) is 21.8 Å². The highest BCUT2D eigenvalue weighted by molar-refractivity contribution is 6.45. The normalized spacial score (nSPS) is 14.3. The molecule has 1 heterocycles. The molecule has 0 unspecified atom stereocenters. The SMILES string of the molecule is Cc1ccc(C2=C(N(C)CCO)C(=O)N(c3ccc(Cl)cc3)C2=O)cc1C. The quantitative estimate of drug-likeness (QED) is 0.804. The van der Waals surface area contributed by atoms with E-state index in [1.165, 1.54) is 0 Å². The number of carbonyl (C=O) groups is 2. The lowest BCUT2D eigenvalue weighted by atomic mass is 9.99. The molecule has 0 radical (unpaired) electrons. The predicted molar refractivity (Wildman–Crippen MR) is 106 cm³/mol. The first-order chi connectivity index (χ1) is 12.8. The van der Waals surface area contributed by atoms with E-state index in [4.69, 9.17) is 11.6 Å². The number of carbonyl (C=O) groups excluding carboxylic acids is 2. The Morgan fingerprint density at radius 1 is 1.00 bits per heavy atom. The molecule has 0 saturated carbocycles. The van der Waals surface area contributed by atoms with Crippen LogP contribution in [0, 0.1) is 13.8 Å². The fourth-order valence-electron chi connectivity index (χ4n) is 3.12. The van der Waals surface area contributed by atoms with Gasteiger partial charge in [-0.1, -0.05) is 29.8 Å². The van der Waals surface area contributed by atoms with Gasteiger partial charge >= 0.3 is 0 Å². The molecular weight excluding hydrogens is 364 g/mol. The number of nitrogens with zero attached hydrogens (tertiary/aromatic N) is 2. The number of anilines is 1. The molecule has 0 fully saturated rings. The summed E-state index contributed by atoms with van der Waals surface area (Å²) in [5.74, 6) is -0.795. The number of benzene rings is 2. The maximum atomic E-state index is 13.2. The lowest BCUT2D eigenvalue weighted by Gasteiger charge is -2.20. The van der Waals surface area contributed by atoms with Gasteiger partial charge in [-0.15, -0.1) is 0 Å². The molecule has 1 N–H and O–H groups in total. The second-order valence-corrected chi connectivity index (χ2v) is 7.03. The number of imide groups is 1. The molecular formula is C21H21ClN2O3. The van der Waals surface area contributed by atoms with E-state index >= 15 is 0 Å². The van der Waals surface area contributed by atoms with Crippen molar-refractivity contribution < 1.29 is 14.7 Å². The smallest absolute Gasteiger partial charge is 0.282 e. The Morgan fingerprint density at radius 3 is 2.26 bits per heavy atom. The summed E-state index contributed by atoms with van der Waals surface area (Å²) in [6.45, 7) is 4.09. The molecule has 2 amide bonds. The van der Waals surface area contributed by atoms with Crippen LogP contribution in [0.2, 0.25) is 5.02 Å². The molecule has 3 rings (SSSR count). The van der Waals surface area contributed by atoms with Crippen LogP contribution in [-0.4, -0.2) is 42.0 Å². The third-order valence-electron chi connectivity index (χ3n) is 4.76. The number of aryl methyl sites for hydroxylation is 2. The first-order valence-corrected chi connectivity index (χ1v) is 9.01. The average Bonchev–Trinajstić information content (AvgIpc) is 2.89. The van der Waals surface area contributed by atoms with Crippen molar-refractivity contribution in [3.8, 4) is 0 Å². The number of hydrogen-bond donors (Lipinski definition) is 1. The maximum absolute atomic E-state index is 13.2. The van der Waals surface area contributed by atoms with Crippen LogP contribution in [0.3, 0.4) is 0 Å². The van der Waals surface area contributed by atoms with E-state index < -0.39 is 5.91 Å². The maximum Gasteiger partial charge on any atom is 0.282 e. The molecule has 6 heteroatoms. The Morgan fingerprint density at radius 2 is 1.67 bits per heavy atom. The fourth-order valence-corrected chi connectivity index (χ4v) is 3.24. The Kier molecular flexibility index (Phi) is 5.35. The highest BCUT2D eigenvalue weighted by atomic mass is 35.5. The van der Waals surface area contributed by atoms with Gasteiger partial charge in [0.25, 0.3) is 11.8 Å². The van der Waals surface area contributed by atoms with E-state index in [2.05, 4.69) is 0 Å². The van der Waals surface area contributed by atoms with Crippen LogP contribution in [0.15, 0.2) is 48.2 Å². The summed E-state index contributed by atoms with van der Waals surface area (Å²) in [6.07, 6.45) is 0. The molecule has 0 saturated heterocycles. The standard InChI is InChI=1S/C21H21ClN2O3/c1-13-4-5-15(12-14(13)2)18-19(23(3)10-11-25)21(27)24(20(18)26)17-8-6-16(22)7-9-17/h4-9,12,25H,10-11H2,1-3H3. The minimum absolute atomic E-state index is 0.122. The minimum Gasteiger partial charge on any atom is -0.395 e. The average molecular weight is 385 g/mol. The monoisotopic (exact) mass is 384 g/mol. The van der Waals surface area contributed by atoms with E-state index in [9.17, 15) is 14.7 Å². The zero-order valence-electron chi connectivity index (χ0n) is 15.5. The van der Waals surface area contributed by atoms with E-state index in [1.54, 1.807) is 36.2 Å². The van der Waals surface area contributed by atoms with Crippen LogP contribution in [0.1, 0.15) is 16.7 Å². The van der Waals surface area contributed by atoms with Gasteiger partial charge in [0.2, 0.25) is 0 Å². The van der Waals surface area contributed by atoms with Crippen LogP contribution in [0.4, 0.5) is 5.69 Å². The van der Waals surface area contributed by atoms with Gasteiger partial charge in [-0.3, -0.25) is 9.59 Å². The molecule has 140 valence electrons. The zero-order valence-corrected chi connectivity index (χ0v) is 16.2. The first-order valence-electron chi connectivity index (χ1n) is 8.63. The molecule has 1 aliphatic rings. The number of halogens is 1. The molecule has 0 atom stereocenters. The topological polar surface area (TPSA) is 60.9 Å². The van der Waals surface area contributed by atoms with Crippen molar-refractivity contribution in [1.82, 2.24) is 4.90 Å². The van der Waals surface area contributed by atoms with Gasteiger partial charge in [-0.2, -0.15) is 0 Å². The van der Waals surface area contributed by atoms with Gasteiger partial charge in [-0.05, 0) is 54.8 Å². The summed E-state index contributed by atoms with van der Waals surface area (Å²) in [7, 11) is 1.70. The lowest BCUT2D eigenvalue weighted by Crippen LogP contribution is -2.34. The van der Waals surface area contributed by atoms with Crippen molar-refractivity contribution >= 4 is 34.7 Å². The predicted octanol–water partition coefficient (Wildman–Crippen LogP) is 3.17. The van der Waals surface area contributed by atoms with Gasteiger partial charge in [0.15, 0.2) is 0 Å².